The fraction of sp³-hybridized carbons (Fsp3) is 0.350. The quantitative estimate of drug-likeness (QED) is 0.731. The molecule has 0 radical (unpaired) electrons. The fourth-order valence-corrected chi connectivity index (χ4v) is 2.66. The lowest BCUT2D eigenvalue weighted by atomic mass is 10.1. The van der Waals surface area contributed by atoms with Gasteiger partial charge in [-0.15, -0.1) is 0 Å². The largest absolute Gasteiger partial charge is 0.496 e. The Labute approximate surface area is 154 Å². The maximum absolute atomic E-state index is 12.4. The number of hydrogen-bond acceptors (Lipinski definition) is 3. The summed E-state index contributed by atoms with van der Waals surface area (Å²) in [6.45, 7) is 4.41. The molecule has 0 fully saturated rings. The number of methoxy groups -OCH3 is 1. The van der Waals surface area contributed by atoms with E-state index in [1.54, 1.807) is 43.5 Å². The number of nitrogens with one attached hydrogen (secondary N) is 1. The lowest BCUT2D eigenvalue weighted by Crippen LogP contribution is -2.32. The maximum Gasteiger partial charge on any atom is 0.251 e. The maximum atomic E-state index is 12.4. The van der Waals surface area contributed by atoms with E-state index in [1.165, 1.54) is 0 Å². The summed E-state index contributed by atoms with van der Waals surface area (Å²) in [6.07, 6.45) is 1.98. The summed E-state index contributed by atoms with van der Waals surface area (Å²) in [4.78, 5) is 12.4. The molecule has 2 aromatic rings. The van der Waals surface area contributed by atoms with Crippen molar-refractivity contribution >= 4 is 17.5 Å². The van der Waals surface area contributed by atoms with Gasteiger partial charge in [-0.05, 0) is 55.8 Å². The van der Waals surface area contributed by atoms with Crippen molar-refractivity contribution < 1.29 is 14.3 Å². The Hall–Kier alpha value is -2.20. The fourth-order valence-electron chi connectivity index (χ4n) is 2.54. The van der Waals surface area contributed by atoms with Gasteiger partial charge >= 0.3 is 0 Å². The second-order valence-corrected chi connectivity index (χ2v) is 6.37. The van der Waals surface area contributed by atoms with Crippen LogP contribution in [-0.4, -0.2) is 19.1 Å². The first-order valence-electron chi connectivity index (χ1n) is 8.39. The molecule has 0 spiro atoms. The van der Waals surface area contributed by atoms with E-state index < -0.39 is 0 Å². The number of rotatable bonds is 8. The zero-order valence-electron chi connectivity index (χ0n) is 14.8. The van der Waals surface area contributed by atoms with E-state index in [2.05, 4.69) is 12.2 Å². The van der Waals surface area contributed by atoms with Crippen LogP contribution in [0.4, 0.5) is 0 Å². The molecular formula is C20H24ClNO3. The third kappa shape index (κ3) is 5.68. The van der Waals surface area contributed by atoms with E-state index in [0.29, 0.717) is 28.7 Å². The van der Waals surface area contributed by atoms with E-state index in [9.17, 15) is 4.79 Å². The monoisotopic (exact) mass is 361 g/mol. The van der Waals surface area contributed by atoms with Crippen molar-refractivity contribution in [2.45, 2.75) is 39.3 Å². The van der Waals surface area contributed by atoms with E-state index in [-0.39, 0.29) is 11.9 Å². The molecule has 1 N–H and O–H groups in total. The van der Waals surface area contributed by atoms with Gasteiger partial charge in [0.25, 0.3) is 5.91 Å². The summed E-state index contributed by atoms with van der Waals surface area (Å²) in [5.41, 5.74) is 1.41. The first kappa shape index (κ1) is 19.1. The Kier molecular flexibility index (Phi) is 7.14. The summed E-state index contributed by atoms with van der Waals surface area (Å²) in [5.74, 6) is 1.31. The van der Waals surface area contributed by atoms with Crippen molar-refractivity contribution in [2.75, 3.05) is 7.11 Å². The minimum Gasteiger partial charge on any atom is -0.496 e. The molecule has 2 aromatic carbocycles. The van der Waals surface area contributed by atoms with Gasteiger partial charge in [0.2, 0.25) is 0 Å². The van der Waals surface area contributed by atoms with E-state index >= 15 is 0 Å². The Bertz CT molecular complexity index is 701. The number of hydrogen-bond donors (Lipinski definition) is 1. The molecule has 0 heterocycles. The average molecular weight is 362 g/mol. The molecular weight excluding hydrogens is 338 g/mol. The molecule has 0 saturated carbocycles. The normalized spacial score (nSPS) is 11.7. The van der Waals surface area contributed by atoms with Crippen molar-refractivity contribution in [3.8, 4) is 11.5 Å². The van der Waals surface area contributed by atoms with Crippen LogP contribution >= 0.6 is 11.6 Å². The molecule has 0 unspecified atom stereocenters. The second kappa shape index (κ2) is 9.33. The van der Waals surface area contributed by atoms with Crippen LogP contribution in [0.2, 0.25) is 5.02 Å². The SMILES string of the molecule is CCC[C@H](C)NC(=O)c1ccc(OC)c(COc2ccc(Cl)cc2)c1. The van der Waals surface area contributed by atoms with Crippen LogP contribution in [-0.2, 0) is 6.61 Å². The number of carbonyl (C=O) groups excluding carboxylic acids is 1. The number of amides is 1. The lowest BCUT2D eigenvalue weighted by Gasteiger charge is -2.15. The van der Waals surface area contributed by atoms with Crippen LogP contribution in [0.3, 0.4) is 0 Å². The summed E-state index contributed by atoms with van der Waals surface area (Å²) < 4.78 is 11.1. The third-order valence-electron chi connectivity index (χ3n) is 3.85. The highest BCUT2D eigenvalue weighted by atomic mass is 35.5. The topological polar surface area (TPSA) is 47.6 Å². The van der Waals surface area contributed by atoms with Gasteiger partial charge in [0.15, 0.2) is 0 Å². The van der Waals surface area contributed by atoms with Crippen LogP contribution < -0.4 is 14.8 Å². The summed E-state index contributed by atoms with van der Waals surface area (Å²) in [5, 5.41) is 3.66. The van der Waals surface area contributed by atoms with Crippen molar-refractivity contribution in [3.63, 3.8) is 0 Å². The summed E-state index contributed by atoms with van der Waals surface area (Å²) in [6, 6.07) is 12.7. The van der Waals surface area contributed by atoms with Gasteiger partial charge in [-0.3, -0.25) is 4.79 Å². The zero-order valence-corrected chi connectivity index (χ0v) is 15.6. The molecule has 4 nitrogen and oxygen atoms in total. The lowest BCUT2D eigenvalue weighted by molar-refractivity contribution is 0.0938. The Morgan fingerprint density at radius 2 is 1.92 bits per heavy atom. The molecule has 0 bridgehead atoms. The van der Waals surface area contributed by atoms with Crippen molar-refractivity contribution in [1.29, 1.82) is 0 Å². The van der Waals surface area contributed by atoms with Crippen LogP contribution in [0.5, 0.6) is 11.5 Å². The van der Waals surface area contributed by atoms with Crippen molar-refractivity contribution in [3.05, 3.63) is 58.6 Å². The molecule has 5 heteroatoms. The van der Waals surface area contributed by atoms with Gasteiger partial charge in [-0.25, -0.2) is 0 Å². The van der Waals surface area contributed by atoms with Crippen LogP contribution in [0.25, 0.3) is 0 Å². The van der Waals surface area contributed by atoms with Gasteiger partial charge in [0.1, 0.15) is 18.1 Å². The van der Waals surface area contributed by atoms with Gasteiger partial charge in [-0.1, -0.05) is 24.9 Å². The Morgan fingerprint density at radius 3 is 2.56 bits per heavy atom. The number of halogens is 1. The first-order chi connectivity index (χ1) is 12.0. The molecule has 0 aliphatic rings. The smallest absolute Gasteiger partial charge is 0.251 e. The highest BCUT2D eigenvalue weighted by molar-refractivity contribution is 6.30. The number of ether oxygens (including phenoxy) is 2. The Balaban J connectivity index is 2.10. The van der Waals surface area contributed by atoms with Crippen molar-refractivity contribution in [2.24, 2.45) is 0 Å². The highest BCUT2D eigenvalue weighted by Gasteiger charge is 2.13. The molecule has 1 amide bonds. The highest BCUT2D eigenvalue weighted by Crippen LogP contribution is 2.23. The summed E-state index contributed by atoms with van der Waals surface area (Å²) in [7, 11) is 1.60. The van der Waals surface area contributed by atoms with Crippen LogP contribution in [0.1, 0.15) is 42.6 Å². The van der Waals surface area contributed by atoms with E-state index in [1.807, 2.05) is 13.0 Å². The average Bonchev–Trinajstić information content (AvgIpc) is 2.61. The molecule has 2 rings (SSSR count). The first-order valence-corrected chi connectivity index (χ1v) is 8.77. The molecule has 134 valence electrons. The summed E-state index contributed by atoms with van der Waals surface area (Å²) >= 11 is 5.88. The Morgan fingerprint density at radius 1 is 1.20 bits per heavy atom. The van der Waals surface area contributed by atoms with Crippen LogP contribution in [0, 0.1) is 0 Å². The van der Waals surface area contributed by atoms with E-state index in [0.717, 1.165) is 18.4 Å². The predicted molar refractivity (Wildman–Crippen MR) is 101 cm³/mol. The number of carbonyl (C=O) groups is 1. The van der Waals surface area contributed by atoms with Gasteiger partial charge < -0.3 is 14.8 Å². The van der Waals surface area contributed by atoms with Crippen molar-refractivity contribution in [1.82, 2.24) is 5.32 Å². The molecule has 0 aliphatic heterocycles. The molecule has 0 saturated heterocycles. The second-order valence-electron chi connectivity index (χ2n) is 5.93. The van der Waals surface area contributed by atoms with Gasteiger partial charge in [-0.2, -0.15) is 0 Å². The predicted octanol–water partition coefficient (Wildman–Crippen LogP) is 4.85. The number of benzene rings is 2. The van der Waals surface area contributed by atoms with Gasteiger partial charge in [0.05, 0.1) is 7.11 Å². The minimum absolute atomic E-state index is 0.0867. The van der Waals surface area contributed by atoms with E-state index in [4.69, 9.17) is 21.1 Å². The zero-order chi connectivity index (χ0) is 18.2. The van der Waals surface area contributed by atoms with Gasteiger partial charge in [0, 0.05) is 22.2 Å². The van der Waals surface area contributed by atoms with Crippen LogP contribution in [0.15, 0.2) is 42.5 Å². The molecule has 1 atom stereocenters. The molecule has 25 heavy (non-hydrogen) atoms. The standard InChI is InChI=1S/C20H24ClNO3/c1-4-5-14(2)22-20(23)15-6-11-19(24-3)16(12-15)13-25-18-9-7-17(21)8-10-18/h6-12,14H,4-5,13H2,1-3H3,(H,22,23)/t14-/m0/s1. The minimum atomic E-state index is -0.0867. The third-order valence-corrected chi connectivity index (χ3v) is 4.10. The molecule has 0 aromatic heterocycles. The molecule has 0 aliphatic carbocycles.